The van der Waals surface area contributed by atoms with Gasteiger partial charge in [0.2, 0.25) is 0 Å². The number of nitrogens with zero attached hydrogens (tertiary/aromatic N) is 2. The third-order valence-corrected chi connectivity index (χ3v) is 2.39. The minimum absolute atomic E-state index is 0.686. The Morgan fingerprint density at radius 2 is 2.29 bits per heavy atom. The molecule has 0 aliphatic carbocycles. The van der Waals surface area contributed by atoms with Crippen LogP contribution in [0.15, 0.2) is 36.7 Å². The lowest BCUT2D eigenvalue weighted by molar-refractivity contribution is 0.415. The molecular formula is C12H16N4O. The Labute approximate surface area is 100 Å². The minimum atomic E-state index is 0.686. The fraction of sp³-hybridized carbons (Fsp3) is 0.250. The average molecular weight is 232 g/mol. The zero-order valence-electron chi connectivity index (χ0n) is 9.76. The van der Waals surface area contributed by atoms with Crippen molar-refractivity contribution in [3.63, 3.8) is 0 Å². The Morgan fingerprint density at radius 1 is 1.41 bits per heavy atom. The van der Waals surface area contributed by atoms with E-state index in [1.807, 2.05) is 29.1 Å². The summed E-state index contributed by atoms with van der Waals surface area (Å²) in [4.78, 5) is 0. The summed E-state index contributed by atoms with van der Waals surface area (Å²) in [6, 6.07) is 7.49. The Morgan fingerprint density at radius 3 is 3.00 bits per heavy atom. The molecule has 0 bridgehead atoms. The van der Waals surface area contributed by atoms with Crippen LogP contribution in [0.1, 0.15) is 0 Å². The van der Waals surface area contributed by atoms with E-state index in [0.717, 1.165) is 24.5 Å². The van der Waals surface area contributed by atoms with Crippen LogP contribution in [0.4, 0.5) is 11.4 Å². The van der Waals surface area contributed by atoms with Gasteiger partial charge in [-0.15, -0.1) is 0 Å². The first kappa shape index (κ1) is 11.3. The lowest BCUT2D eigenvalue weighted by Gasteiger charge is -2.09. The average Bonchev–Trinajstić information content (AvgIpc) is 2.81. The first-order chi connectivity index (χ1) is 8.28. The smallest absolute Gasteiger partial charge is 0.122 e. The van der Waals surface area contributed by atoms with Gasteiger partial charge in [-0.05, 0) is 12.1 Å². The van der Waals surface area contributed by atoms with E-state index >= 15 is 0 Å². The second-order valence-corrected chi connectivity index (χ2v) is 3.69. The quantitative estimate of drug-likeness (QED) is 0.768. The molecule has 2 aromatic rings. The second kappa shape index (κ2) is 5.25. The number of hydrogen-bond acceptors (Lipinski definition) is 4. The van der Waals surface area contributed by atoms with Crippen LogP contribution in [0.5, 0.6) is 5.75 Å². The summed E-state index contributed by atoms with van der Waals surface area (Å²) in [5.41, 5.74) is 7.40. The maximum atomic E-state index is 5.76. The molecule has 0 aliphatic heterocycles. The summed E-state index contributed by atoms with van der Waals surface area (Å²) in [7, 11) is 1.63. The van der Waals surface area contributed by atoms with Gasteiger partial charge >= 0.3 is 0 Å². The van der Waals surface area contributed by atoms with Crippen molar-refractivity contribution in [2.75, 3.05) is 24.7 Å². The van der Waals surface area contributed by atoms with Crippen LogP contribution in [0.3, 0.4) is 0 Å². The largest absolute Gasteiger partial charge is 0.497 e. The number of methoxy groups -OCH3 is 1. The van der Waals surface area contributed by atoms with Crippen LogP contribution in [-0.2, 0) is 6.54 Å². The number of nitrogen functional groups attached to an aromatic ring is 1. The molecule has 2 rings (SSSR count). The minimum Gasteiger partial charge on any atom is -0.497 e. The van der Waals surface area contributed by atoms with Gasteiger partial charge in [0, 0.05) is 42.4 Å². The van der Waals surface area contributed by atoms with Crippen molar-refractivity contribution in [2.45, 2.75) is 6.54 Å². The van der Waals surface area contributed by atoms with E-state index in [4.69, 9.17) is 10.5 Å². The molecule has 17 heavy (non-hydrogen) atoms. The van der Waals surface area contributed by atoms with Crippen molar-refractivity contribution < 1.29 is 4.74 Å². The highest BCUT2D eigenvalue weighted by molar-refractivity contribution is 5.59. The highest BCUT2D eigenvalue weighted by atomic mass is 16.5. The van der Waals surface area contributed by atoms with Crippen LogP contribution in [0.2, 0.25) is 0 Å². The van der Waals surface area contributed by atoms with Gasteiger partial charge in [-0.25, -0.2) is 0 Å². The van der Waals surface area contributed by atoms with Crippen LogP contribution >= 0.6 is 0 Å². The van der Waals surface area contributed by atoms with Crippen molar-refractivity contribution in [1.82, 2.24) is 9.78 Å². The molecule has 1 aromatic heterocycles. The first-order valence-electron chi connectivity index (χ1n) is 5.44. The Hall–Kier alpha value is -2.17. The van der Waals surface area contributed by atoms with Crippen LogP contribution in [0.25, 0.3) is 0 Å². The molecule has 5 heteroatoms. The van der Waals surface area contributed by atoms with E-state index in [1.165, 1.54) is 0 Å². The fourth-order valence-electron chi connectivity index (χ4n) is 1.59. The van der Waals surface area contributed by atoms with Gasteiger partial charge in [-0.3, -0.25) is 4.68 Å². The highest BCUT2D eigenvalue weighted by Crippen LogP contribution is 2.21. The number of benzene rings is 1. The summed E-state index contributed by atoms with van der Waals surface area (Å²) in [6.07, 6.45) is 3.70. The molecule has 1 heterocycles. The van der Waals surface area contributed by atoms with E-state index in [2.05, 4.69) is 10.4 Å². The van der Waals surface area contributed by atoms with Gasteiger partial charge in [0.05, 0.1) is 13.7 Å². The van der Waals surface area contributed by atoms with Crippen molar-refractivity contribution in [3.05, 3.63) is 36.7 Å². The van der Waals surface area contributed by atoms with Gasteiger partial charge in [-0.1, -0.05) is 0 Å². The lowest BCUT2D eigenvalue weighted by Crippen LogP contribution is -2.10. The topological polar surface area (TPSA) is 65.1 Å². The number of anilines is 2. The maximum absolute atomic E-state index is 5.76. The predicted molar refractivity (Wildman–Crippen MR) is 68.1 cm³/mol. The van der Waals surface area contributed by atoms with Crippen LogP contribution < -0.4 is 15.8 Å². The van der Waals surface area contributed by atoms with Gasteiger partial charge in [0.15, 0.2) is 0 Å². The number of ether oxygens (including phenoxy) is 1. The molecule has 0 atom stereocenters. The summed E-state index contributed by atoms with van der Waals surface area (Å²) in [5.74, 6) is 0.756. The van der Waals surface area contributed by atoms with Crippen LogP contribution in [-0.4, -0.2) is 23.4 Å². The summed E-state index contributed by atoms with van der Waals surface area (Å²) in [6.45, 7) is 1.60. The van der Waals surface area contributed by atoms with Crippen LogP contribution in [0, 0.1) is 0 Å². The second-order valence-electron chi connectivity index (χ2n) is 3.69. The van der Waals surface area contributed by atoms with E-state index in [1.54, 1.807) is 19.4 Å². The summed E-state index contributed by atoms with van der Waals surface area (Å²) in [5, 5.41) is 7.40. The van der Waals surface area contributed by atoms with Crippen molar-refractivity contribution in [2.24, 2.45) is 0 Å². The molecule has 0 saturated heterocycles. The molecule has 0 aliphatic rings. The number of aromatic nitrogens is 2. The van der Waals surface area contributed by atoms with E-state index in [-0.39, 0.29) is 0 Å². The Bertz CT molecular complexity index is 467. The normalized spacial score (nSPS) is 10.2. The number of rotatable bonds is 5. The zero-order chi connectivity index (χ0) is 12.1. The van der Waals surface area contributed by atoms with Crippen molar-refractivity contribution in [3.8, 4) is 5.75 Å². The standard InChI is InChI=1S/C12H16N4O/c1-17-12-8-10(13)7-11(9-12)14-4-6-16-5-2-3-15-16/h2-3,5,7-9,14H,4,6,13H2,1H3. The molecule has 0 saturated carbocycles. The van der Waals surface area contributed by atoms with Gasteiger partial charge in [-0.2, -0.15) is 5.10 Å². The third-order valence-electron chi connectivity index (χ3n) is 2.39. The first-order valence-corrected chi connectivity index (χ1v) is 5.44. The highest BCUT2D eigenvalue weighted by Gasteiger charge is 1.98. The molecule has 5 nitrogen and oxygen atoms in total. The third kappa shape index (κ3) is 3.14. The number of nitrogens with two attached hydrogens (primary N) is 1. The van der Waals surface area contributed by atoms with Gasteiger partial charge in [0.1, 0.15) is 5.75 Å². The van der Waals surface area contributed by atoms with E-state index in [9.17, 15) is 0 Å². The van der Waals surface area contributed by atoms with Crippen molar-refractivity contribution in [1.29, 1.82) is 0 Å². The van der Waals surface area contributed by atoms with E-state index < -0.39 is 0 Å². The van der Waals surface area contributed by atoms with E-state index in [0.29, 0.717) is 5.69 Å². The molecule has 0 amide bonds. The monoisotopic (exact) mass is 232 g/mol. The zero-order valence-corrected chi connectivity index (χ0v) is 9.76. The molecule has 3 N–H and O–H groups in total. The van der Waals surface area contributed by atoms with Gasteiger partial charge in [0.25, 0.3) is 0 Å². The Kier molecular flexibility index (Phi) is 3.49. The molecule has 0 spiro atoms. The molecule has 0 fully saturated rings. The SMILES string of the molecule is COc1cc(N)cc(NCCn2cccn2)c1. The molecule has 90 valence electrons. The predicted octanol–water partition coefficient (Wildman–Crippen LogP) is 1.59. The maximum Gasteiger partial charge on any atom is 0.122 e. The summed E-state index contributed by atoms with van der Waals surface area (Å²) < 4.78 is 7.02. The summed E-state index contributed by atoms with van der Waals surface area (Å²) >= 11 is 0. The fourth-order valence-corrected chi connectivity index (χ4v) is 1.59. The number of hydrogen-bond donors (Lipinski definition) is 2. The molecule has 0 unspecified atom stereocenters. The molecule has 1 aromatic carbocycles. The Balaban J connectivity index is 1.92. The molecular weight excluding hydrogens is 216 g/mol. The molecule has 0 radical (unpaired) electrons. The number of nitrogens with one attached hydrogen (secondary N) is 1. The van der Waals surface area contributed by atoms with Gasteiger partial charge < -0.3 is 15.8 Å². The van der Waals surface area contributed by atoms with Crippen molar-refractivity contribution >= 4 is 11.4 Å². The lowest BCUT2D eigenvalue weighted by atomic mass is 10.2.